The summed E-state index contributed by atoms with van der Waals surface area (Å²) < 4.78 is 0. The summed E-state index contributed by atoms with van der Waals surface area (Å²) in [5, 5.41) is 33.0. The van der Waals surface area contributed by atoms with Gasteiger partial charge in [-0.3, -0.25) is 4.79 Å². The Morgan fingerprint density at radius 1 is 0.471 bits per heavy atom. The predicted octanol–water partition coefficient (Wildman–Crippen LogP) is 13.0. The summed E-state index contributed by atoms with van der Waals surface area (Å²) in [7, 11) is 0. The van der Waals surface area contributed by atoms with E-state index in [4.69, 9.17) is 0 Å². The Morgan fingerprint density at radius 2 is 0.784 bits per heavy atom. The number of hydrogen-bond donors (Lipinski definition) is 4. The number of aliphatic hydroxyl groups excluding tert-OH is 3. The minimum atomic E-state index is -1.10. The van der Waals surface area contributed by atoms with E-state index in [1.54, 1.807) is 6.08 Å². The molecule has 0 aliphatic heterocycles. The van der Waals surface area contributed by atoms with Gasteiger partial charge in [0.2, 0.25) is 5.91 Å². The lowest BCUT2D eigenvalue weighted by molar-refractivity contribution is -0.131. The normalized spacial score (nSPS) is 13.7. The number of rotatable bonds is 41. The summed E-state index contributed by atoms with van der Waals surface area (Å²) >= 11 is 0. The molecule has 0 heterocycles. The van der Waals surface area contributed by atoms with E-state index < -0.39 is 24.2 Å². The first-order valence-electron chi connectivity index (χ1n) is 22.7. The third-order valence-electron chi connectivity index (χ3n) is 10.5. The molecule has 0 aromatic carbocycles. The average molecular weight is 720 g/mol. The highest BCUT2D eigenvalue weighted by atomic mass is 16.3. The Labute approximate surface area is 318 Å². The van der Waals surface area contributed by atoms with Crippen LogP contribution in [0.15, 0.2) is 24.3 Å². The van der Waals surface area contributed by atoms with E-state index >= 15 is 0 Å². The monoisotopic (exact) mass is 720 g/mol. The van der Waals surface area contributed by atoms with E-state index in [9.17, 15) is 20.1 Å². The quantitative estimate of drug-likeness (QED) is 0.0374. The molecule has 0 spiro atoms. The fraction of sp³-hybridized carbons (Fsp3) is 0.891. The molecule has 302 valence electrons. The van der Waals surface area contributed by atoms with Crippen LogP contribution in [0.2, 0.25) is 0 Å². The molecule has 0 aromatic rings. The highest BCUT2D eigenvalue weighted by molar-refractivity contribution is 5.80. The van der Waals surface area contributed by atoms with E-state index in [0.717, 1.165) is 32.1 Å². The molecule has 3 unspecified atom stereocenters. The Kier molecular flexibility index (Phi) is 40.6. The number of carbonyl (C=O) groups excluding carboxylic acids is 1. The van der Waals surface area contributed by atoms with Crippen LogP contribution in [0.1, 0.15) is 239 Å². The zero-order valence-corrected chi connectivity index (χ0v) is 34.2. The van der Waals surface area contributed by atoms with E-state index in [-0.39, 0.29) is 6.61 Å². The Balaban J connectivity index is 3.57. The maximum absolute atomic E-state index is 12.4. The van der Waals surface area contributed by atoms with Gasteiger partial charge in [-0.1, -0.05) is 218 Å². The van der Waals surface area contributed by atoms with Crippen LogP contribution in [0.4, 0.5) is 0 Å². The number of amides is 1. The smallest absolute Gasteiger partial charge is 0.249 e. The van der Waals surface area contributed by atoms with Crippen molar-refractivity contribution in [3.8, 4) is 0 Å². The van der Waals surface area contributed by atoms with Gasteiger partial charge in [0.1, 0.15) is 6.10 Å². The van der Waals surface area contributed by atoms with E-state index in [2.05, 4.69) is 31.3 Å². The third-order valence-corrected chi connectivity index (χ3v) is 10.5. The lowest BCUT2D eigenvalue weighted by Crippen LogP contribution is -2.48. The van der Waals surface area contributed by atoms with Crippen molar-refractivity contribution in [2.45, 2.75) is 257 Å². The summed E-state index contributed by atoms with van der Waals surface area (Å²) in [4.78, 5) is 12.4. The molecule has 0 saturated carbocycles. The molecule has 5 heteroatoms. The van der Waals surface area contributed by atoms with Crippen LogP contribution in [0.25, 0.3) is 0 Å². The second kappa shape index (κ2) is 41.6. The van der Waals surface area contributed by atoms with Gasteiger partial charge >= 0.3 is 0 Å². The van der Waals surface area contributed by atoms with Gasteiger partial charge in [0.15, 0.2) is 0 Å². The molecule has 0 aromatic heterocycles. The Morgan fingerprint density at radius 3 is 1.14 bits per heavy atom. The first-order valence-corrected chi connectivity index (χ1v) is 22.7. The molecule has 3 atom stereocenters. The maximum Gasteiger partial charge on any atom is 0.249 e. The van der Waals surface area contributed by atoms with Crippen LogP contribution in [0, 0.1) is 0 Å². The van der Waals surface area contributed by atoms with Gasteiger partial charge in [0.05, 0.1) is 18.8 Å². The minimum absolute atomic E-state index is 0.363. The van der Waals surface area contributed by atoms with Crippen LogP contribution in [0.5, 0.6) is 0 Å². The van der Waals surface area contributed by atoms with Gasteiger partial charge in [0.25, 0.3) is 0 Å². The fourth-order valence-corrected chi connectivity index (χ4v) is 6.94. The number of nitrogens with one attached hydrogen (secondary N) is 1. The minimum Gasteiger partial charge on any atom is -0.394 e. The predicted molar refractivity (Wildman–Crippen MR) is 222 cm³/mol. The van der Waals surface area contributed by atoms with Gasteiger partial charge in [-0.2, -0.15) is 0 Å². The molecule has 0 aliphatic carbocycles. The van der Waals surface area contributed by atoms with Crippen LogP contribution in [-0.4, -0.2) is 46.1 Å². The molecule has 0 radical (unpaired) electrons. The van der Waals surface area contributed by atoms with Crippen molar-refractivity contribution in [1.82, 2.24) is 5.32 Å². The fourth-order valence-electron chi connectivity index (χ4n) is 6.94. The second-order valence-corrected chi connectivity index (χ2v) is 15.6. The lowest BCUT2D eigenvalue weighted by atomic mass is 10.0. The van der Waals surface area contributed by atoms with Gasteiger partial charge in [-0.15, -0.1) is 0 Å². The average Bonchev–Trinajstić information content (AvgIpc) is 3.13. The van der Waals surface area contributed by atoms with Crippen LogP contribution in [-0.2, 0) is 4.79 Å². The molecule has 4 N–H and O–H groups in total. The molecule has 1 amide bonds. The first kappa shape index (κ1) is 49.8. The largest absolute Gasteiger partial charge is 0.394 e. The Hall–Kier alpha value is -1.17. The number of unbranched alkanes of at least 4 members (excludes halogenated alkanes) is 31. The van der Waals surface area contributed by atoms with Crippen molar-refractivity contribution in [3.05, 3.63) is 24.3 Å². The molecule has 0 fully saturated rings. The zero-order valence-electron chi connectivity index (χ0n) is 34.2. The molecule has 0 bridgehead atoms. The van der Waals surface area contributed by atoms with Gasteiger partial charge in [-0.05, 0) is 44.9 Å². The lowest BCUT2D eigenvalue weighted by Gasteiger charge is -2.21. The van der Waals surface area contributed by atoms with E-state index in [0.29, 0.717) is 6.42 Å². The van der Waals surface area contributed by atoms with Crippen molar-refractivity contribution in [2.24, 2.45) is 0 Å². The standard InChI is InChI=1S/C46H89NO4/c1-3-5-7-9-11-13-15-16-17-18-19-20-21-22-23-24-25-26-27-28-29-31-33-35-37-39-41-45(50)46(51)47-43(42-48)44(49)40-38-36-34-32-30-14-12-10-8-6-4-2/h22-23,38,40,43-45,48-50H,3-21,24-37,39,41-42H2,1-2H3,(H,47,51)/b23-22-,40-38+. The van der Waals surface area contributed by atoms with Gasteiger partial charge in [0, 0.05) is 0 Å². The van der Waals surface area contributed by atoms with Crippen LogP contribution >= 0.6 is 0 Å². The second-order valence-electron chi connectivity index (χ2n) is 15.6. The highest BCUT2D eigenvalue weighted by Crippen LogP contribution is 2.15. The number of carbonyl (C=O) groups is 1. The zero-order chi connectivity index (χ0) is 37.3. The number of allylic oxidation sites excluding steroid dienone is 3. The van der Waals surface area contributed by atoms with E-state index in [1.807, 2.05) is 6.08 Å². The highest BCUT2D eigenvalue weighted by Gasteiger charge is 2.22. The number of aliphatic hydroxyl groups is 3. The summed E-state index contributed by atoms with van der Waals surface area (Å²) in [6.45, 7) is 4.17. The third kappa shape index (κ3) is 37.0. The summed E-state index contributed by atoms with van der Waals surface area (Å²) in [6, 6.07) is -0.795. The molecular formula is C46H89NO4. The molecular weight excluding hydrogens is 631 g/mol. The maximum atomic E-state index is 12.4. The van der Waals surface area contributed by atoms with Crippen molar-refractivity contribution < 1.29 is 20.1 Å². The van der Waals surface area contributed by atoms with Gasteiger partial charge in [-0.25, -0.2) is 0 Å². The Bertz CT molecular complexity index is 754. The van der Waals surface area contributed by atoms with Crippen molar-refractivity contribution in [1.29, 1.82) is 0 Å². The topological polar surface area (TPSA) is 89.8 Å². The SMILES string of the molecule is CCCCCCCCCCC/C=C/C(O)C(CO)NC(=O)C(O)CCCCCCCCCCCC/C=C\CCCCCCCCCCCCCC. The first-order chi connectivity index (χ1) is 25.1. The molecule has 0 saturated heterocycles. The van der Waals surface area contributed by atoms with Crippen molar-refractivity contribution >= 4 is 5.91 Å². The summed E-state index contributed by atoms with van der Waals surface area (Å²) in [5.74, 6) is -0.504. The van der Waals surface area contributed by atoms with Crippen molar-refractivity contribution in [3.63, 3.8) is 0 Å². The van der Waals surface area contributed by atoms with Gasteiger partial charge < -0.3 is 20.6 Å². The van der Waals surface area contributed by atoms with E-state index in [1.165, 1.54) is 186 Å². The van der Waals surface area contributed by atoms with Crippen LogP contribution in [0.3, 0.4) is 0 Å². The molecule has 0 aliphatic rings. The molecule has 51 heavy (non-hydrogen) atoms. The van der Waals surface area contributed by atoms with Crippen LogP contribution < -0.4 is 5.32 Å². The molecule has 5 nitrogen and oxygen atoms in total. The number of hydrogen-bond acceptors (Lipinski definition) is 4. The molecule has 0 rings (SSSR count). The van der Waals surface area contributed by atoms with Crippen molar-refractivity contribution in [2.75, 3.05) is 6.61 Å². The summed E-state index contributed by atoms with van der Waals surface area (Å²) in [5.41, 5.74) is 0. The summed E-state index contributed by atoms with van der Waals surface area (Å²) in [6.07, 6.45) is 50.8.